The molecule has 150 valence electrons. The van der Waals surface area contributed by atoms with Gasteiger partial charge in [-0.25, -0.2) is 13.4 Å². The van der Waals surface area contributed by atoms with Gasteiger partial charge in [0.2, 0.25) is 15.9 Å². The van der Waals surface area contributed by atoms with Gasteiger partial charge in [-0.3, -0.25) is 4.79 Å². The Morgan fingerprint density at radius 3 is 2.36 bits per heavy atom. The number of aromatic nitrogens is 1. The summed E-state index contributed by atoms with van der Waals surface area (Å²) in [4.78, 5) is 16.6. The zero-order valence-corrected chi connectivity index (χ0v) is 17.8. The number of hydrogen-bond acceptors (Lipinski definition) is 4. The number of piperidine rings is 1. The Balaban J connectivity index is 1.58. The van der Waals surface area contributed by atoms with E-state index >= 15 is 0 Å². The van der Waals surface area contributed by atoms with Crippen LogP contribution in [0.3, 0.4) is 0 Å². The number of hydrogen-bond donors (Lipinski definition) is 1. The normalized spacial score (nSPS) is 16.1. The van der Waals surface area contributed by atoms with Gasteiger partial charge in [0.15, 0.2) is 0 Å². The van der Waals surface area contributed by atoms with E-state index in [1.807, 2.05) is 0 Å². The molecule has 1 fully saturated rings. The lowest BCUT2D eigenvalue weighted by atomic mass is 9.97. The predicted octanol–water partition coefficient (Wildman–Crippen LogP) is 3.76. The third kappa shape index (κ3) is 5.15. The van der Waals surface area contributed by atoms with Gasteiger partial charge in [0.25, 0.3) is 0 Å². The molecule has 1 N–H and O–H groups in total. The zero-order chi connectivity index (χ0) is 20.3. The van der Waals surface area contributed by atoms with Crippen molar-refractivity contribution in [2.75, 3.05) is 13.1 Å². The molecule has 28 heavy (non-hydrogen) atoms. The predicted molar refractivity (Wildman–Crippen MR) is 109 cm³/mol. The van der Waals surface area contributed by atoms with E-state index in [0.29, 0.717) is 23.7 Å². The van der Waals surface area contributed by atoms with Crippen LogP contribution in [0.2, 0.25) is 15.2 Å². The highest BCUT2D eigenvalue weighted by Crippen LogP contribution is 2.28. The lowest BCUT2D eigenvalue weighted by Gasteiger charge is -2.30. The zero-order valence-electron chi connectivity index (χ0n) is 14.7. The summed E-state index contributed by atoms with van der Waals surface area (Å²) < 4.78 is 27.0. The molecule has 6 nitrogen and oxygen atoms in total. The molecular weight excluding hydrogens is 445 g/mol. The first kappa shape index (κ1) is 21.3. The standard InChI is InChI=1S/C18H18Cl3N3O3S/c19-13-8-14(20)10-16(9-13)28(26,27)24-6-4-12(5-7-24)18(25)22-11-15-2-1-3-17(21)23-15/h1-3,8-10,12H,4-7,11H2,(H,22,25). The molecule has 1 saturated heterocycles. The Morgan fingerprint density at radius 2 is 1.75 bits per heavy atom. The van der Waals surface area contributed by atoms with Gasteiger partial charge in [-0.05, 0) is 43.2 Å². The second kappa shape index (κ2) is 8.97. The van der Waals surface area contributed by atoms with Gasteiger partial charge in [0, 0.05) is 29.1 Å². The number of pyridine rings is 1. The van der Waals surface area contributed by atoms with Crippen LogP contribution in [-0.2, 0) is 21.4 Å². The molecular formula is C18H18Cl3N3O3S. The number of rotatable bonds is 5. The van der Waals surface area contributed by atoms with E-state index in [4.69, 9.17) is 34.8 Å². The van der Waals surface area contributed by atoms with Crippen molar-refractivity contribution in [2.45, 2.75) is 24.3 Å². The minimum absolute atomic E-state index is 0.0555. The first-order valence-corrected chi connectivity index (χ1v) is 11.2. The van der Waals surface area contributed by atoms with Gasteiger partial charge < -0.3 is 5.32 Å². The van der Waals surface area contributed by atoms with E-state index in [2.05, 4.69) is 10.3 Å². The molecule has 0 aliphatic carbocycles. The van der Waals surface area contributed by atoms with Crippen LogP contribution in [0.4, 0.5) is 0 Å². The largest absolute Gasteiger partial charge is 0.350 e. The molecule has 0 spiro atoms. The highest BCUT2D eigenvalue weighted by atomic mass is 35.5. The summed E-state index contributed by atoms with van der Waals surface area (Å²) in [6.07, 6.45) is 0.866. The van der Waals surface area contributed by atoms with Gasteiger partial charge in [-0.1, -0.05) is 40.9 Å². The maximum atomic E-state index is 12.8. The number of benzene rings is 1. The SMILES string of the molecule is O=C(NCc1cccc(Cl)n1)C1CCN(S(=O)(=O)c2cc(Cl)cc(Cl)c2)CC1. The number of sulfonamides is 1. The van der Waals surface area contributed by atoms with Crippen LogP contribution in [0, 0.1) is 5.92 Å². The van der Waals surface area contributed by atoms with Gasteiger partial charge in [-0.2, -0.15) is 4.31 Å². The second-order valence-corrected chi connectivity index (χ2v) is 9.65. The molecule has 10 heteroatoms. The Hall–Kier alpha value is -1.38. The molecule has 0 radical (unpaired) electrons. The lowest BCUT2D eigenvalue weighted by Crippen LogP contribution is -2.42. The summed E-state index contributed by atoms with van der Waals surface area (Å²) in [7, 11) is -3.71. The third-order valence-electron chi connectivity index (χ3n) is 4.52. The monoisotopic (exact) mass is 461 g/mol. The Morgan fingerprint density at radius 1 is 1.11 bits per heavy atom. The molecule has 0 unspecified atom stereocenters. The molecule has 3 rings (SSSR count). The van der Waals surface area contributed by atoms with E-state index in [1.54, 1.807) is 18.2 Å². The van der Waals surface area contributed by atoms with Crippen molar-refractivity contribution in [2.24, 2.45) is 5.92 Å². The number of carbonyl (C=O) groups is 1. The number of halogens is 3. The maximum absolute atomic E-state index is 12.8. The van der Waals surface area contributed by atoms with Gasteiger partial charge in [-0.15, -0.1) is 0 Å². The summed E-state index contributed by atoms with van der Waals surface area (Å²) in [5.74, 6) is -0.377. The van der Waals surface area contributed by atoms with Crippen molar-refractivity contribution in [3.63, 3.8) is 0 Å². The third-order valence-corrected chi connectivity index (χ3v) is 7.04. The molecule has 2 aromatic rings. The minimum atomic E-state index is -3.71. The van der Waals surface area contributed by atoms with Crippen molar-refractivity contribution >= 4 is 50.7 Å². The maximum Gasteiger partial charge on any atom is 0.243 e. The first-order chi connectivity index (χ1) is 13.3. The highest BCUT2D eigenvalue weighted by molar-refractivity contribution is 7.89. The van der Waals surface area contributed by atoms with Crippen molar-refractivity contribution in [1.82, 2.24) is 14.6 Å². The van der Waals surface area contributed by atoms with Crippen LogP contribution in [0.5, 0.6) is 0 Å². The number of amides is 1. The first-order valence-electron chi connectivity index (χ1n) is 8.61. The number of carbonyl (C=O) groups excluding carboxylic acids is 1. The Labute approximate surface area is 178 Å². The Kier molecular flexibility index (Phi) is 6.83. The molecule has 2 heterocycles. The average Bonchev–Trinajstić information content (AvgIpc) is 2.65. The van der Waals surface area contributed by atoms with Crippen LogP contribution < -0.4 is 5.32 Å². The Bertz CT molecular complexity index is 957. The van der Waals surface area contributed by atoms with E-state index in [-0.39, 0.29) is 46.4 Å². The van der Waals surface area contributed by atoms with E-state index in [9.17, 15) is 13.2 Å². The van der Waals surface area contributed by atoms with Crippen molar-refractivity contribution < 1.29 is 13.2 Å². The van der Waals surface area contributed by atoms with Crippen LogP contribution in [0.1, 0.15) is 18.5 Å². The average molecular weight is 463 g/mol. The van der Waals surface area contributed by atoms with Crippen molar-refractivity contribution in [3.8, 4) is 0 Å². The fraction of sp³-hybridized carbons (Fsp3) is 0.333. The van der Waals surface area contributed by atoms with Crippen molar-refractivity contribution in [3.05, 3.63) is 57.3 Å². The van der Waals surface area contributed by atoms with E-state index in [1.165, 1.54) is 22.5 Å². The molecule has 1 aromatic heterocycles. The highest BCUT2D eigenvalue weighted by Gasteiger charge is 2.32. The van der Waals surface area contributed by atoms with Gasteiger partial charge in [0.05, 0.1) is 17.1 Å². The summed E-state index contributed by atoms with van der Waals surface area (Å²) in [5, 5.41) is 3.72. The van der Waals surface area contributed by atoms with E-state index in [0.717, 1.165) is 0 Å². The smallest absolute Gasteiger partial charge is 0.243 e. The van der Waals surface area contributed by atoms with Crippen LogP contribution >= 0.6 is 34.8 Å². The molecule has 0 saturated carbocycles. The van der Waals surface area contributed by atoms with E-state index < -0.39 is 10.0 Å². The van der Waals surface area contributed by atoms with Crippen LogP contribution in [0.25, 0.3) is 0 Å². The lowest BCUT2D eigenvalue weighted by molar-refractivity contribution is -0.126. The fourth-order valence-electron chi connectivity index (χ4n) is 3.06. The molecule has 0 bridgehead atoms. The minimum Gasteiger partial charge on any atom is -0.350 e. The van der Waals surface area contributed by atoms with Crippen molar-refractivity contribution in [1.29, 1.82) is 0 Å². The molecule has 1 aliphatic rings. The van der Waals surface area contributed by atoms with Crippen LogP contribution in [0.15, 0.2) is 41.3 Å². The molecule has 1 amide bonds. The fourth-order valence-corrected chi connectivity index (χ4v) is 5.43. The summed E-state index contributed by atoms with van der Waals surface area (Å²) >= 11 is 17.7. The van der Waals surface area contributed by atoms with Crippen LogP contribution in [-0.4, -0.2) is 36.7 Å². The molecule has 1 aromatic carbocycles. The van der Waals surface area contributed by atoms with Gasteiger partial charge in [0.1, 0.15) is 5.15 Å². The second-order valence-electron chi connectivity index (χ2n) is 6.45. The molecule has 0 atom stereocenters. The number of nitrogens with one attached hydrogen (secondary N) is 1. The topological polar surface area (TPSA) is 79.4 Å². The molecule has 1 aliphatic heterocycles. The summed E-state index contributed by atoms with van der Waals surface area (Å²) in [5.41, 5.74) is 0.665. The number of nitrogens with zero attached hydrogens (tertiary/aromatic N) is 2. The summed E-state index contributed by atoms with van der Waals surface area (Å²) in [6, 6.07) is 9.43. The quantitative estimate of drug-likeness (QED) is 0.686. The summed E-state index contributed by atoms with van der Waals surface area (Å²) in [6.45, 7) is 0.777. The van der Waals surface area contributed by atoms with Gasteiger partial charge >= 0.3 is 0 Å².